The van der Waals surface area contributed by atoms with E-state index in [1.54, 1.807) is 12.1 Å². The van der Waals surface area contributed by atoms with Crippen LogP contribution < -0.4 is 0 Å². The fourth-order valence-corrected chi connectivity index (χ4v) is 0.922. The maximum Gasteiger partial charge on any atom is 0.340 e. The van der Waals surface area contributed by atoms with Crippen molar-refractivity contribution in [2.75, 3.05) is 0 Å². The molecule has 0 aliphatic rings. The first-order valence-electron chi connectivity index (χ1n) is 4.78. The van der Waals surface area contributed by atoms with E-state index < -0.39 is 18.0 Å². The van der Waals surface area contributed by atoms with E-state index in [1.807, 2.05) is 18.2 Å². The van der Waals surface area contributed by atoms with Gasteiger partial charge in [0.2, 0.25) is 0 Å². The molecule has 1 atom stereocenters. The van der Waals surface area contributed by atoms with Crippen molar-refractivity contribution in [1.29, 1.82) is 0 Å². The monoisotopic (exact) mass is 220 g/mol. The molecule has 1 unspecified atom stereocenters. The largest absolute Gasteiger partial charge is 0.392 e. The molecule has 0 amide bonds. The lowest BCUT2D eigenvalue weighted by Gasteiger charge is -2.02. The number of hydrogen-bond acceptors (Lipinski definition) is 5. The van der Waals surface area contributed by atoms with Crippen LogP contribution in [0.5, 0.6) is 0 Å². The van der Waals surface area contributed by atoms with Crippen LogP contribution in [0, 0.1) is 0 Å². The third-order valence-corrected chi connectivity index (χ3v) is 1.69. The summed E-state index contributed by atoms with van der Waals surface area (Å²) in [4.78, 5) is 21.7. The number of carbonyl (C=O) groups excluding carboxylic acids is 2. The molecular formula is C11H12N2O3. The second kappa shape index (κ2) is 5.75. The van der Waals surface area contributed by atoms with Crippen LogP contribution >= 0.6 is 0 Å². The Morgan fingerprint density at radius 1 is 1.25 bits per heavy atom. The van der Waals surface area contributed by atoms with Gasteiger partial charge in [0.1, 0.15) is 0 Å². The smallest absolute Gasteiger partial charge is 0.340 e. The van der Waals surface area contributed by atoms with Crippen LogP contribution in [-0.4, -0.2) is 18.0 Å². The van der Waals surface area contributed by atoms with Crippen LogP contribution in [0.4, 0.5) is 5.69 Å². The van der Waals surface area contributed by atoms with E-state index in [9.17, 15) is 9.59 Å². The Balaban J connectivity index is 2.57. The summed E-state index contributed by atoms with van der Waals surface area (Å²) in [6.45, 7) is 2.68. The molecule has 1 aromatic carbocycles. The third kappa shape index (κ3) is 4.00. The predicted molar refractivity (Wildman–Crippen MR) is 57.2 cm³/mol. The Hall–Kier alpha value is -2.04. The maximum atomic E-state index is 11.2. The fourth-order valence-electron chi connectivity index (χ4n) is 0.922. The second-order valence-electron chi connectivity index (χ2n) is 3.14. The van der Waals surface area contributed by atoms with Crippen molar-refractivity contribution < 1.29 is 14.3 Å². The zero-order chi connectivity index (χ0) is 12.0. The van der Waals surface area contributed by atoms with Crippen molar-refractivity contribution in [2.45, 2.75) is 19.9 Å². The van der Waals surface area contributed by atoms with Crippen LogP contribution in [0.25, 0.3) is 0 Å². The summed E-state index contributed by atoms with van der Waals surface area (Å²) in [5.74, 6) is -1.35. The summed E-state index contributed by atoms with van der Waals surface area (Å²) in [7, 11) is 0. The first-order chi connectivity index (χ1) is 7.59. The Bertz CT molecular complexity index is 401. The Morgan fingerprint density at radius 2 is 1.88 bits per heavy atom. The number of nitrogens with zero attached hydrogens (tertiary/aromatic N) is 2. The summed E-state index contributed by atoms with van der Waals surface area (Å²) in [6, 6.07) is 8.20. The molecule has 0 saturated heterocycles. The van der Waals surface area contributed by atoms with E-state index in [2.05, 4.69) is 15.0 Å². The molecule has 1 rings (SSSR count). The summed E-state index contributed by atoms with van der Waals surface area (Å²) in [5, 5.41) is 7.59. The Morgan fingerprint density at radius 3 is 2.44 bits per heavy atom. The van der Waals surface area contributed by atoms with Crippen molar-refractivity contribution in [1.82, 2.24) is 0 Å². The van der Waals surface area contributed by atoms with Gasteiger partial charge in [0.05, 0.1) is 5.69 Å². The minimum atomic E-state index is -0.788. The molecule has 84 valence electrons. The van der Waals surface area contributed by atoms with E-state index >= 15 is 0 Å². The average Bonchev–Trinajstić information content (AvgIpc) is 2.26. The molecule has 5 nitrogen and oxygen atoms in total. The fraction of sp³-hybridized carbons (Fsp3) is 0.273. The first-order valence-corrected chi connectivity index (χ1v) is 4.78. The highest BCUT2D eigenvalue weighted by Gasteiger charge is 2.15. The molecule has 0 radical (unpaired) electrons. The van der Waals surface area contributed by atoms with E-state index in [0.29, 0.717) is 5.69 Å². The predicted octanol–water partition coefficient (Wildman–Crippen LogP) is 2.25. The molecule has 0 aliphatic heterocycles. The maximum absolute atomic E-state index is 11.2. The zero-order valence-electron chi connectivity index (χ0n) is 9.08. The lowest BCUT2D eigenvalue weighted by atomic mass is 10.3. The highest BCUT2D eigenvalue weighted by atomic mass is 16.6. The molecule has 0 N–H and O–H groups in total. The SMILES string of the molecule is CC(=O)OC(=O)C(C)N=Nc1ccccc1. The Labute approximate surface area is 93.1 Å². The van der Waals surface area contributed by atoms with Gasteiger partial charge >= 0.3 is 11.9 Å². The highest BCUT2D eigenvalue weighted by molar-refractivity contribution is 5.87. The number of hydrogen-bond donors (Lipinski definition) is 0. The van der Waals surface area contributed by atoms with Gasteiger partial charge in [0.25, 0.3) is 0 Å². The average molecular weight is 220 g/mol. The minimum Gasteiger partial charge on any atom is -0.392 e. The lowest BCUT2D eigenvalue weighted by molar-refractivity contribution is -0.158. The van der Waals surface area contributed by atoms with Crippen molar-refractivity contribution in [2.24, 2.45) is 10.2 Å². The topological polar surface area (TPSA) is 68.1 Å². The van der Waals surface area contributed by atoms with Gasteiger partial charge in [0.15, 0.2) is 6.04 Å². The third-order valence-electron chi connectivity index (χ3n) is 1.69. The standard InChI is InChI=1S/C11H12N2O3/c1-8(11(15)16-9(2)14)12-13-10-6-4-3-5-7-10/h3-8H,1-2H3. The van der Waals surface area contributed by atoms with Gasteiger partial charge in [-0.3, -0.25) is 4.79 Å². The molecule has 16 heavy (non-hydrogen) atoms. The number of rotatable bonds is 3. The zero-order valence-corrected chi connectivity index (χ0v) is 9.08. The van der Waals surface area contributed by atoms with E-state index in [1.165, 1.54) is 13.8 Å². The van der Waals surface area contributed by atoms with Crippen LogP contribution in [-0.2, 0) is 14.3 Å². The highest BCUT2D eigenvalue weighted by Crippen LogP contribution is 2.11. The summed E-state index contributed by atoms with van der Waals surface area (Å²) in [5.41, 5.74) is 0.643. The van der Waals surface area contributed by atoms with Gasteiger partial charge in [-0.25, -0.2) is 4.79 Å². The molecule has 5 heteroatoms. The summed E-state index contributed by atoms with van der Waals surface area (Å²) < 4.78 is 4.37. The lowest BCUT2D eigenvalue weighted by Crippen LogP contribution is -2.19. The van der Waals surface area contributed by atoms with E-state index in [0.717, 1.165) is 0 Å². The molecule has 0 aliphatic carbocycles. The molecule has 0 fully saturated rings. The summed E-state index contributed by atoms with van der Waals surface area (Å²) >= 11 is 0. The minimum absolute atomic E-state index is 0.643. The van der Waals surface area contributed by atoms with Crippen molar-refractivity contribution in [3.05, 3.63) is 30.3 Å². The quantitative estimate of drug-likeness (QED) is 0.445. The molecular weight excluding hydrogens is 208 g/mol. The molecule has 0 bridgehead atoms. The molecule has 0 heterocycles. The van der Waals surface area contributed by atoms with Crippen LogP contribution in [0.2, 0.25) is 0 Å². The number of carbonyl (C=O) groups is 2. The second-order valence-corrected chi connectivity index (χ2v) is 3.14. The van der Waals surface area contributed by atoms with Gasteiger partial charge in [-0.15, -0.1) is 0 Å². The van der Waals surface area contributed by atoms with Gasteiger partial charge in [-0.05, 0) is 19.1 Å². The summed E-state index contributed by atoms with van der Waals surface area (Å²) in [6.07, 6.45) is 0. The number of benzene rings is 1. The number of azo groups is 1. The normalized spacial score (nSPS) is 12.4. The van der Waals surface area contributed by atoms with Gasteiger partial charge < -0.3 is 4.74 Å². The molecule has 0 spiro atoms. The van der Waals surface area contributed by atoms with Crippen LogP contribution in [0.1, 0.15) is 13.8 Å². The van der Waals surface area contributed by atoms with Crippen molar-refractivity contribution in [3.8, 4) is 0 Å². The van der Waals surface area contributed by atoms with E-state index in [4.69, 9.17) is 0 Å². The van der Waals surface area contributed by atoms with Crippen molar-refractivity contribution >= 4 is 17.6 Å². The van der Waals surface area contributed by atoms with Gasteiger partial charge in [-0.1, -0.05) is 18.2 Å². The van der Waals surface area contributed by atoms with Crippen LogP contribution in [0.3, 0.4) is 0 Å². The molecule has 0 saturated carbocycles. The van der Waals surface area contributed by atoms with Gasteiger partial charge in [0, 0.05) is 6.92 Å². The first kappa shape index (κ1) is 12.0. The van der Waals surface area contributed by atoms with Crippen molar-refractivity contribution in [3.63, 3.8) is 0 Å². The van der Waals surface area contributed by atoms with E-state index in [-0.39, 0.29) is 0 Å². The van der Waals surface area contributed by atoms with Crippen LogP contribution in [0.15, 0.2) is 40.6 Å². The molecule has 0 aromatic heterocycles. The number of ether oxygens (including phenoxy) is 1. The van der Waals surface area contributed by atoms with Gasteiger partial charge in [-0.2, -0.15) is 10.2 Å². The number of esters is 2. The molecule has 1 aromatic rings. The Kier molecular flexibility index (Phi) is 4.32.